The van der Waals surface area contributed by atoms with E-state index in [2.05, 4.69) is 12.2 Å². The van der Waals surface area contributed by atoms with E-state index in [4.69, 9.17) is 11.6 Å². The van der Waals surface area contributed by atoms with Crippen molar-refractivity contribution >= 4 is 21.4 Å². The molecule has 0 aromatic rings. The predicted octanol–water partition coefficient (Wildman–Crippen LogP) is 1.58. The number of hydrogen-bond acceptors (Lipinski definition) is 2. The van der Waals surface area contributed by atoms with E-state index in [-0.39, 0.29) is 17.6 Å². The van der Waals surface area contributed by atoms with Crippen LogP contribution in [0.25, 0.3) is 0 Å². The van der Waals surface area contributed by atoms with Gasteiger partial charge in [0, 0.05) is 5.92 Å². The average molecular weight is 231 g/mol. The van der Waals surface area contributed by atoms with Crippen LogP contribution in [0.4, 0.5) is 0 Å². The molecule has 2 saturated heterocycles. The third kappa shape index (κ3) is 0.947. The maximum absolute atomic E-state index is 11.6. The third-order valence-electron chi connectivity index (χ3n) is 3.73. The van der Waals surface area contributed by atoms with Gasteiger partial charge in [-0.05, 0) is 17.8 Å². The van der Waals surface area contributed by atoms with Crippen LogP contribution in [0.15, 0.2) is 24.3 Å². The molecular formula is C10H11ClO2S. The first kappa shape index (κ1) is 8.98. The van der Waals surface area contributed by atoms with Crippen LogP contribution in [0.5, 0.6) is 0 Å². The summed E-state index contributed by atoms with van der Waals surface area (Å²) >= 11 is 6.02. The highest BCUT2D eigenvalue weighted by Crippen LogP contribution is 2.57. The zero-order chi connectivity index (χ0) is 9.92. The monoisotopic (exact) mass is 230 g/mol. The molecule has 0 amide bonds. The van der Waals surface area contributed by atoms with Gasteiger partial charge in [-0.25, -0.2) is 8.42 Å². The molecule has 2 aliphatic carbocycles. The van der Waals surface area contributed by atoms with E-state index < -0.39 is 14.5 Å². The van der Waals surface area contributed by atoms with E-state index in [1.54, 1.807) is 0 Å². The largest absolute Gasteiger partial charge is 0.227 e. The second-order valence-electron chi connectivity index (χ2n) is 4.35. The second-order valence-corrected chi connectivity index (χ2v) is 7.24. The Morgan fingerprint density at radius 3 is 2.21 bits per heavy atom. The Morgan fingerprint density at radius 2 is 1.71 bits per heavy atom. The molecule has 76 valence electrons. The Morgan fingerprint density at radius 1 is 1.14 bits per heavy atom. The molecule has 0 spiro atoms. The highest BCUT2D eigenvalue weighted by Gasteiger charge is 2.60. The van der Waals surface area contributed by atoms with Gasteiger partial charge in [0.1, 0.15) is 4.71 Å². The van der Waals surface area contributed by atoms with E-state index in [1.807, 2.05) is 12.2 Å². The first-order valence-electron chi connectivity index (χ1n) is 4.82. The maximum Gasteiger partial charge on any atom is 0.167 e. The normalized spacial score (nSPS) is 52.2. The van der Waals surface area contributed by atoms with Crippen LogP contribution >= 0.6 is 11.6 Å². The minimum atomic E-state index is -3.02. The Balaban J connectivity index is 2.05. The molecule has 0 N–H and O–H groups in total. The summed E-state index contributed by atoms with van der Waals surface area (Å²) in [7, 11) is -3.02. The van der Waals surface area contributed by atoms with E-state index in [9.17, 15) is 8.42 Å². The molecule has 4 heteroatoms. The highest BCUT2D eigenvalue weighted by atomic mass is 35.5. The highest BCUT2D eigenvalue weighted by molar-refractivity contribution is 7.93. The van der Waals surface area contributed by atoms with Gasteiger partial charge in [0.15, 0.2) is 9.84 Å². The summed E-state index contributed by atoms with van der Waals surface area (Å²) in [5.74, 6) is 1.45. The smallest absolute Gasteiger partial charge is 0.167 e. The number of halogens is 1. The summed E-state index contributed by atoms with van der Waals surface area (Å²) in [4.78, 5) is 0. The molecule has 1 saturated carbocycles. The molecule has 4 bridgehead atoms. The van der Waals surface area contributed by atoms with E-state index in [0.717, 1.165) is 0 Å². The van der Waals surface area contributed by atoms with Crippen molar-refractivity contribution in [3.8, 4) is 0 Å². The zero-order valence-corrected chi connectivity index (χ0v) is 9.08. The minimum Gasteiger partial charge on any atom is -0.227 e. The van der Waals surface area contributed by atoms with Gasteiger partial charge in [-0.1, -0.05) is 24.3 Å². The minimum absolute atomic E-state index is 0.121. The second kappa shape index (κ2) is 2.64. The summed E-state index contributed by atoms with van der Waals surface area (Å²) < 4.78 is 22.5. The van der Waals surface area contributed by atoms with Crippen molar-refractivity contribution in [1.29, 1.82) is 0 Å². The number of hydrogen-bond donors (Lipinski definition) is 0. The van der Waals surface area contributed by atoms with Crippen LogP contribution in [0.2, 0.25) is 0 Å². The van der Waals surface area contributed by atoms with Gasteiger partial charge in [-0.3, -0.25) is 0 Å². The maximum atomic E-state index is 11.6. The lowest BCUT2D eigenvalue weighted by Crippen LogP contribution is -2.59. The quantitative estimate of drug-likeness (QED) is 0.593. The van der Waals surface area contributed by atoms with Crippen molar-refractivity contribution < 1.29 is 8.42 Å². The van der Waals surface area contributed by atoms with Crippen LogP contribution in [0, 0.1) is 23.7 Å². The fraction of sp³-hybridized carbons (Fsp3) is 0.600. The van der Waals surface area contributed by atoms with Crippen LogP contribution in [-0.4, -0.2) is 18.9 Å². The number of alkyl halides is 1. The first-order chi connectivity index (χ1) is 6.61. The summed E-state index contributed by atoms with van der Waals surface area (Å²) in [6, 6.07) is 0. The predicted molar refractivity (Wildman–Crippen MR) is 55.7 cm³/mol. The van der Waals surface area contributed by atoms with Gasteiger partial charge in [-0.15, -0.1) is 11.6 Å². The van der Waals surface area contributed by atoms with Gasteiger partial charge >= 0.3 is 0 Å². The van der Waals surface area contributed by atoms with Crippen molar-refractivity contribution in [3.63, 3.8) is 0 Å². The molecular weight excluding hydrogens is 220 g/mol. The number of sulfone groups is 1. The number of allylic oxidation sites excluding steroid dienone is 4. The third-order valence-corrected chi connectivity index (χ3v) is 6.68. The molecule has 0 aromatic carbocycles. The Hall–Kier alpha value is -0.280. The van der Waals surface area contributed by atoms with Crippen molar-refractivity contribution in [3.05, 3.63) is 24.3 Å². The topological polar surface area (TPSA) is 34.1 Å². The first-order valence-corrected chi connectivity index (χ1v) is 6.97. The molecule has 2 heterocycles. The molecule has 3 unspecified atom stereocenters. The SMILES string of the molecule is O=S1(=O)CC2C3C=CC=CC2C3C1Cl. The molecule has 2 aliphatic heterocycles. The zero-order valence-electron chi connectivity index (χ0n) is 7.51. The van der Waals surface area contributed by atoms with Gasteiger partial charge < -0.3 is 0 Å². The lowest BCUT2D eigenvalue weighted by atomic mass is 9.58. The Labute approximate surface area is 88.6 Å². The molecule has 3 fully saturated rings. The molecule has 0 radical (unpaired) electrons. The lowest BCUT2D eigenvalue weighted by Gasteiger charge is -2.55. The molecule has 3 atom stereocenters. The summed E-state index contributed by atoms with van der Waals surface area (Å²) in [5, 5.41) is 0. The van der Waals surface area contributed by atoms with Crippen LogP contribution < -0.4 is 0 Å². The average Bonchev–Trinajstić information content (AvgIpc) is 2.43. The van der Waals surface area contributed by atoms with E-state index in [0.29, 0.717) is 11.8 Å². The van der Waals surface area contributed by atoms with Crippen LogP contribution in [-0.2, 0) is 9.84 Å². The van der Waals surface area contributed by atoms with Gasteiger partial charge in [-0.2, -0.15) is 0 Å². The van der Waals surface area contributed by atoms with Crippen LogP contribution in [0.3, 0.4) is 0 Å². The molecule has 0 aromatic heterocycles. The number of rotatable bonds is 0. The van der Waals surface area contributed by atoms with Gasteiger partial charge in [0.25, 0.3) is 0 Å². The van der Waals surface area contributed by atoms with Gasteiger partial charge in [0.2, 0.25) is 0 Å². The van der Waals surface area contributed by atoms with Crippen molar-refractivity contribution in [2.45, 2.75) is 4.71 Å². The molecule has 2 nitrogen and oxygen atoms in total. The van der Waals surface area contributed by atoms with Crippen LogP contribution in [0.1, 0.15) is 0 Å². The Kier molecular flexibility index (Phi) is 1.69. The molecule has 4 aliphatic rings. The molecule has 14 heavy (non-hydrogen) atoms. The van der Waals surface area contributed by atoms with E-state index >= 15 is 0 Å². The van der Waals surface area contributed by atoms with Crippen molar-refractivity contribution in [2.75, 3.05) is 5.75 Å². The number of fused-ring (bicyclic) bond motifs is 2. The molecule has 4 rings (SSSR count). The van der Waals surface area contributed by atoms with Crippen molar-refractivity contribution in [2.24, 2.45) is 23.7 Å². The summed E-state index contributed by atoms with van der Waals surface area (Å²) in [6.07, 6.45) is 8.25. The fourth-order valence-corrected chi connectivity index (χ4v) is 5.60. The summed E-state index contributed by atoms with van der Waals surface area (Å²) in [6.45, 7) is 0. The van der Waals surface area contributed by atoms with E-state index in [1.165, 1.54) is 0 Å². The standard InChI is InChI=1S/C10H11ClO2S/c11-10-9-6-3-1-2-4-7(9)8(6)5-14(10,12)13/h1-4,6-10H,5H2. The van der Waals surface area contributed by atoms with Gasteiger partial charge in [0.05, 0.1) is 5.75 Å². The fourth-order valence-electron chi connectivity index (χ4n) is 3.04. The van der Waals surface area contributed by atoms with Crippen molar-refractivity contribution in [1.82, 2.24) is 0 Å². The lowest BCUT2D eigenvalue weighted by molar-refractivity contribution is 0.0616. The Bertz CT molecular complexity index is 403. The summed E-state index contributed by atoms with van der Waals surface area (Å²) in [5.41, 5.74) is 0.